The van der Waals surface area contributed by atoms with Crippen molar-refractivity contribution < 1.29 is 35.5 Å². The third kappa shape index (κ3) is 6.04. The normalized spacial score (nSPS) is 15.8. The lowest BCUT2D eigenvalue weighted by Crippen LogP contribution is -2.64. The van der Waals surface area contributed by atoms with Crippen LogP contribution in [0.15, 0.2) is 54.9 Å². The lowest BCUT2D eigenvalue weighted by Gasteiger charge is -2.48. The van der Waals surface area contributed by atoms with Crippen molar-refractivity contribution in [3.05, 3.63) is 71.8 Å². The molecule has 2 aromatic heterocycles. The monoisotopic (exact) mass is 672 g/mol. The molecule has 248 valence electrons. The highest BCUT2D eigenvalue weighted by atomic mass is 32.2. The lowest BCUT2D eigenvalue weighted by molar-refractivity contribution is -0.137. The molecule has 1 amide bonds. The Morgan fingerprint density at radius 3 is 2.51 bits per heavy atom. The molecule has 1 saturated heterocycles. The highest BCUT2D eigenvalue weighted by molar-refractivity contribution is 7.92. The van der Waals surface area contributed by atoms with Crippen LogP contribution in [0.4, 0.5) is 34.6 Å². The number of fused-ring (bicyclic) bond motifs is 4. The van der Waals surface area contributed by atoms with Gasteiger partial charge in [-0.2, -0.15) is 13.2 Å². The van der Waals surface area contributed by atoms with Gasteiger partial charge in [-0.3, -0.25) is 14.5 Å². The summed E-state index contributed by atoms with van der Waals surface area (Å²) in [5, 5.41) is 3.67. The van der Waals surface area contributed by atoms with Crippen LogP contribution in [-0.2, 0) is 26.4 Å². The van der Waals surface area contributed by atoms with Crippen molar-refractivity contribution in [2.45, 2.75) is 31.5 Å². The van der Waals surface area contributed by atoms with E-state index in [1.165, 1.54) is 35.5 Å². The maximum atomic E-state index is 15.7. The molecule has 2 N–H and O–H groups in total. The number of benzene rings is 2. The average Bonchev–Trinajstić information content (AvgIpc) is 3.20. The second-order valence-electron chi connectivity index (χ2n) is 12.1. The van der Waals surface area contributed by atoms with E-state index in [4.69, 9.17) is 4.74 Å². The second kappa shape index (κ2) is 11.6. The largest absolute Gasteiger partial charge is 0.475 e. The van der Waals surface area contributed by atoms with Gasteiger partial charge in [0.15, 0.2) is 0 Å². The minimum absolute atomic E-state index is 0.0174. The van der Waals surface area contributed by atoms with Gasteiger partial charge in [0.05, 0.1) is 29.2 Å². The van der Waals surface area contributed by atoms with Gasteiger partial charge < -0.3 is 19.9 Å². The Morgan fingerprint density at radius 1 is 1.09 bits per heavy atom. The average molecular weight is 673 g/mol. The first-order chi connectivity index (χ1) is 22.1. The number of hydrogen-bond acceptors (Lipinski definition) is 8. The highest BCUT2D eigenvalue weighted by Crippen LogP contribution is 2.51. The van der Waals surface area contributed by atoms with Gasteiger partial charge in [-0.25, -0.2) is 17.8 Å². The SMILES string of the molecule is CC(C)NCCOc1ncc(-c2cc3c4c(cnc3cc2F)N(C)C(=O)C42CN(c3cccc(C(F)(F)F)c3)C2)cc1NS(C)(=O)=O. The first kappa shape index (κ1) is 32.4. The standard InChI is InChI=1S/C32H32F4N6O4S/c1-18(2)37-8-9-46-29-26(40-47(4,44)45)10-19(14-39-29)22-12-23-25(13-24(22)33)38-15-27-28(23)31(30(43)41(27)3)16-42(17-31)21-7-5-6-20(11-21)32(34,35)36/h5-7,10-15,18,37,40H,8-9,16-17H2,1-4H3. The minimum Gasteiger partial charge on any atom is -0.475 e. The van der Waals surface area contributed by atoms with E-state index in [0.717, 1.165) is 18.4 Å². The van der Waals surface area contributed by atoms with E-state index < -0.39 is 33.0 Å². The van der Waals surface area contributed by atoms with Crippen molar-refractivity contribution in [1.29, 1.82) is 0 Å². The van der Waals surface area contributed by atoms with E-state index in [0.29, 0.717) is 28.9 Å². The Kier molecular flexibility index (Phi) is 8.03. The summed E-state index contributed by atoms with van der Waals surface area (Å²) >= 11 is 0. The Balaban J connectivity index is 1.40. The summed E-state index contributed by atoms with van der Waals surface area (Å²) in [5.41, 5.74) is 0.180. The third-order valence-electron chi connectivity index (χ3n) is 8.30. The van der Waals surface area contributed by atoms with Gasteiger partial charge in [0.2, 0.25) is 21.8 Å². The molecule has 2 aliphatic heterocycles. The van der Waals surface area contributed by atoms with Gasteiger partial charge in [0.1, 0.15) is 23.5 Å². The fourth-order valence-corrected chi connectivity index (χ4v) is 6.71. The van der Waals surface area contributed by atoms with Gasteiger partial charge in [-0.05, 0) is 30.3 Å². The summed E-state index contributed by atoms with van der Waals surface area (Å²) in [6.45, 7) is 4.85. The van der Waals surface area contributed by atoms with Crippen LogP contribution in [0, 0.1) is 5.82 Å². The molecule has 15 heteroatoms. The topological polar surface area (TPSA) is 117 Å². The van der Waals surface area contributed by atoms with Crippen LogP contribution in [-0.4, -0.2) is 69.9 Å². The second-order valence-corrected chi connectivity index (χ2v) is 13.9. The first-order valence-corrected chi connectivity index (χ1v) is 16.6. The number of hydrogen-bond donors (Lipinski definition) is 2. The van der Waals surface area contributed by atoms with Crippen molar-refractivity contribution in [3.63, 3.8) is 0 Å². The number of amides is 1. The highest BCUT2D eigenvalue weighted by Gasteiger charge is 2.58. The summed E-state index contributed by atoms with van der Waals surface area (Å²) in [7, 11) is -2.16. The zero-order valence-corrected chi connectivity index (χ0v) is 26.8. The predicted molar refractivity (Wildman–Crippen MR) is 171 cm³/mol. The van der Waals surface area contributed by atoms with Crippen LogP contribution in [0.2, 0.25) is 0 Å². The van der Waals surface area contributed by atoms with Gasteiger partial charge in [0, 0.05) is 72.8 Å². The Bertz CT molecular complexity index is 2000. The number of carbonyl (C=O) groups excluding carboxylic acids is 1. The maximum absolute atomic E-state index is 15.7. The van der Waals surface area contributed by atoms with E-state index in [-0.39, 0.29) is 59.9 Å². The van der Waals surface area contributed by atoms with Crippen LogP contribution in [0.25, 0.3) is 22.0 Å². The third-order valence-corrected chi connectivity index (χ3v) is 8.89. The molecule has 6 rings (SSSR count). The molecule has 0 radical (unpaired) electrons. The number of nitrogens with zero attached hydrogens (tertiary/aromatic N) is 4. The Labute approximate surface area is 268 Å². The molecule has 1 spiro atoms. The van der Waals surface area contributed by atoms with Gasteiger partial charge >= 0.3 is 6.18 Å². The predicted octanol–water partition coefficient (Wildman–Crippen LogP) is 4.94. The van der Waals surface area contributed by atoms with Crippen LogP contribution >= 0.6 is 0 Å². The summed E-state index contributed by atoms with van der Waals surface area (Å²) < 4.78 is 88.3. The number of sulfonamides is 1. The number of rotatable bonds is 9. The van der Waals surface area contributed by atoms with E-state index in [1.54, 1.807) is 24.1 Å². The zero-order valence-electron chi connectivity index (χ0n) is 25.9. The molecule has 2 aliphatic rings. The van der Waals surface area contributed by atoms with Gasteiger partial charge in [0.25, 0.3) is 0 Å². The van der Waals surface area contributed by atoms with Crippen molar-refractivity contribution in [2.75, 3.05) is 54.1 Å². The molecule has 10 nitrogen and oxygen atoms in total. The van der Waals surface area contributed by atoms with Gasteiger partial charge in [-0.1, -0.05) is 19.9 Å². The van der Waals surface area contributed by atoms with Crippen LogP contribution in [0.5, 0.6) is 5.88 Å². The fraction of sp³-hybridized carbons (Fsp3) is 0.344. The number of alkyl halides is 3. The molecule has 0 aliphatic carbocycles. The molecule has 4 heterocycles. The summed E-state index contributed by atoms with van der Waals surface area (Å²) in [6, 6.07) is 9.35. The lowest BCUT2D eigenvalue weighted by atomic mass is 9.73. The molecule has 0 atom stereocenters. The zero-order chi connectivity index (χ0) is 33.9. The molecule has 2 aromatic carbocycles. The molecule has 47 heavy (non-hydrogen) atoms. The Morgan fingerprint density at radius 2 is 1.83 bits per heavy atom. The van der Waals surface area contributed by atoms with E-state index in [1.807, 2.05) is 13.8 Å². The van der Waals surface area contributed by atoms with Crippen LogP contribution in [0.3, 0.4) is 0 Å². The van der Waals surface area contributed by atoms with Crippen molar-refractivity contribution in [1.82, 2.24) is 15.3 Å². The smallest absolute Gasteiger partial charge is 0.416 e. The minimum atomic E-state index is -4.52. The fourth-order valence-electron chi connectivity index (χ4n) is 6.16. The number of aromatic nitrogens is 2. The van der Waals surface area contributed by atoms with E-state index in [9.17, 15) is 26.4 Å². The number of nitrogens with one attached hydrogen (secondary N) is 2. The quantitative estimate of drug-likeness (QED) is 0.190. The first-order valence-electron chi connectivity index (χ1n) is 14.7. The van der Waals surface area contributed by atoms with Gasteiger partial charge in [-0.15, -0.1) is 0 Å². The molecule has 0 saturated carbocycles. The van der Waals surface area contributed by atoms with Crippen molar-refractivity contribution in [3.8, 4) is 17.0 Å². The molecular formula is C32H32F4N6O4S. The number of ether oxygens (including phenoxy) is 1. The molecule has 1 fully saturated rings. The number of carbonyl (C=O) groups is 1. The Hall–Kier alpha value is -4.50. The molecule has 0 bridgehead atoms. The molecule has 0 unspecified atom stereocenters. The summed E-state index contributed by atoms with van der Waals surface area (Å²) in [4.78, 5) is 25.6. The molecule has 4 aromatic rings. The maximum Gasteiger partial charge on any atom is 0.416 e. The number of likely N-dealkylation sites (N-methyl/N-ethyl adjacent to an activating group) is 1. The number of halogens is 4. The molecular weight excluding hydrogens is 640 g/mol. The van der Waals surface area contributed by atoms with Crippen molar-refractivity contribution >= 4 is 43.9 Å². The number of anilines is 3. The van der Waals surface area contributed by atoms with E-state index >= 15 is 4.39 Å². The van der Waals surface area contributed by atoms with Crippen molar-refractivity contribution in [2.24, 2.45) is 0 Å². The summed E-state index contributed by atoms with van der Waals surface area (Å²) in [6.07, 6.45) is -0.682. The van der Waals surface area contributed by atoms with E-state index in [2.05, 4.69) is 20.0 Å². The number of pyridine rings is 2. The van der Waals surface area contributed by atoms with Crippen LogP contribution in [0.1, 0.15) is 25.0 Å². The summed E-state index contributed by atoms with van der Waals surface area (Å²) in [5.74, 6) is -0.882. The van der Waals surface area contributed by atoms with Crippen LogP contribution < -0.4 is 24.6 Å².